The first-order valence-electron chi connectivity index (χ1n) is 8.45. The van der Waals surface area contributed by atoms with E-state index in [1.54, 1.807) is 11.8 Å². The lowest BCUT2D eigenvalue weighted by molar-refractivity contribution is 0.886. The van der Waals surface area contributed by atoms with Crippen LogP contribution in [0, 0.1) is 0 Å². The first-order chi connectivity index (χ1) is 13.6. The van der Waals surface area contributed by atoms with E-state index in [1.165, 1.54) is 5.56 Å². The van der Waals surface area contributed by atoms with Crippen LogP contribution in [0.15, 0.2) is 82.4 Å². The lowest BCUT2D eigenvalue weighted by Crippen LogP contribution is -1.99. The second kappa shape index (κ2) is 8.70. The molecule has 0 fully saturated rings. The van der Waals surface area contributed by atoms with Crippen molar-refractivity contribution in [2.45, 2.75) is 10.9 Å². The van der Waals surface area contributed by atoms with Crippen LogP contribution in [0.4, 0.5) is 0 Å². The molecule has 0 bridgehead atoms. The van der Waals surface area contributed by atoms with Gasteiger partial charge < -0.3 is 0 Å². The Bertz CT molecular complexity index is 1100. The molecule has 0 unspecified atom stereocenters. The fourth-order valence-corrected chi connectivity index (χ4v) is 4.34. The van der Waals surface area contributed by atoms with Crippen LogP contribution in [-0.2, 0) is 5.75 Å². The summed E-state index contributed by atoms with van der Waals surface area (Å²) in [7, 11) is 0. The van der Waals surface area contributed by atoms with Gasteiger partial charge in [-0.1, -0.05) is 63.0 Å². The average Bonchev–Trinajstić information content (AvgIpc) is 3.11. The Labute approximate surface area is 185 Å². The monoisotopic (exact) mass is 489 g/mol. The minimum absolute atomic E-state index is 0.686. The Balaban J connectivity index is 1.73. The third-order valence-corrected chi connectivity index (χ3v) is 6.07. The molecule has 0 saturated heterocycles. The number of halogens is 3. The number of aromatic nitrogens is 3. The van der Waals surface area contributed by atoms with Crippen molar-refractivity contribution in [3.05, 3.63) is 92.9 Å². The quantitative estimate of drug-likeness (QED) is 0.275. The molecule has 0 saturated carbocycles. The van der Waals surface area contributed by atoms with Crippen molar-refractivity contribution in [3.8, 4) is 17.1 Å². The van der Waals surface area contributed by atoms with Crippen LogP contribution in [0.3, 0.4) is 0 Å². The van der Waals surface area contributed by atoms with Gasteiger partial charge in [0.25, 0.3) is 0 Å². The van der Waals surface area contributed by atoms with Gasteiger partial charge in [0, 0.05) is 31.5 Å². The predicted molar refractivity (Wildman–Crippen MR) is 121 cm³/mol. The molecule has 3 nitrogen and oxygen atoms in total. The van der Waals surface area contributed by atoms with Gasteiger partial charge in [0.2, 0.25) is 0 Å². The molecular formula is C21H14BrCl2N3S. The third-order valence-electron chi connectivity index (χ3n) is 4.08. The van der Waals surface area contributed by atoms with Gasteiger partial charge in [0.05, 0.1) is 0 Å². The molecule has 28 heavy (non-hydrogen) atoms. The summed E-state index contributed by atoms with van der Waals surface area (Å²) >= 11 is 17.3. The van der Waals surface area contributed by atoms with Crippen LogP contribution in [0.5, 0.6) is 0 Å². The molecule has 7 heteroatoms. The van der Waals surface area contributed by atoms with Gasteiger partial charge in [-0.25, -0.2) is 0 Å². The molecule has 1 heterocycles. The van der Waals surface area contributed by atoms with Crippen molar-refractivity contribution in [2.75, 3.05) is 0 Å². The fraction of sp³-hybridized carbons (Fsp3) is 0.0476. The van der Waals surface area contributed by atoms with Crippen molar-refractivity contribution in [3.63, 3.8) is 0 Å². The summed E-state index contributed by atoms with van der Waals surface area (Å²) in [5.41, 5.74) is 3.11. The fourth-order valence-electron chi connectivity index (χ4n) is 2.75. The first kappa shape index (κ1) is 19.5. The second-order valence-electron chi connectivity index (χ2n) is 6.04. The highest BCUT2D eigenvalue weighted by Gasteiger charge is 2.16. The van der Waals surface area contributed by atoms with E-state index in [-0.39, 0.29) is 0 Å². The highest BCUT2D eigenvalue weighted by atomic mass is 79.9. The zero-order valence-electron chi connectivity index (χ0n) is 14.5. The van der Waals surface area contributed by atoms with Crippen LogP contribution >= 0.6 is 50.9 Å². The molecule has 0 spiro atoms. The molecule has 0 atom stereocenters. The number of benzene rings is 3. The lowest BCUT2D eigenvalue weighted by atomic mass is 10.2. The van der Waals surface area contributed by atoms with Crippen molar-refractivity contribution in [1.29, 1.82) is 0 Å². The standard InChI is InChI=1S/C21H14BrCl2N3S/c22-16-3-1-2-14(12-16)13-28-21-26-25-20(15-4-6-17(23)7-5-15)27(21)19-10-8-18(24)9-11-19/h1-12H,13H2. The van der Waals surface area contributed by atoms with Crippen LogP contribution in [0.25, 0.3) is 17.1 Å². The molecule has 0 radical (unpaired) electrons. The summed E-state index contributed by atoms with van der Waals surface area (Å²) in [6, 6.07) is 23.5. The van der Waals surface area contributed by atoms with Gasteiger partial charge >= 0.3 is 0 Å². The lowest BCUT2D eigenvalue weighted by Gasteiger charge is -2.11. The minimum atomic E-state index is 0.686. The predicted octanol–water partition coefficient (Wildman–Crippen LogP) is 7.30. The number of hydrogen-bond acceptors (Lipinski definition) is 3. The van der Waals surface area contributed by atoms with Crippen molar-refractivity contribution < 1.29 is 0 Å². The normalized spacial score (nSPS) is 11.0. The first-order valence-corrected chi connectivity index (χ1v) is 11.0. The van der Waals surface area contributed by atoms with E-state index in [1.807, 2.05) is 65.2 Å². The number of thioether (sulfide) groups is 1. The molecule has 0 N–H and O–H groups in total. The average molecular weight is 491 g/mol. The summed E-state index contributed by atoms with van der Waals surface area (Å²) in [6.07, 6.45) is 0. The summed E-state index contributed by atoms with van der Waals surface area (Å²) in [5, 5.41) is 11.1. The summed E-state index contributed by atoms with van der Waals surface area (Å²) in [4.78, 5) is 0. The van der Waals surface area contributed by atoms with E-state index in [4.69, 9.17) is 23.2 Å². The largest absolute Gasteiger partial charge is 0.270 e. The van der Waals surface area contributed by atoms with E-state index in [2.05, 4.69) is 38.3 Å². The Hall–Kier alpha value is -1.79. The molecule has 4 aromatic rings. The summed E-state index contributed by atoms with van der Waals surface area (Å²) in [6.45, 7) is 0. The Morgan fingerprint density at radius 1 is 0.857 bits per heavy atom. The maximum absolute atomic E-state index is 6.08. The number of hydrogen-bond donors (Lipinski definition) is 0. The van der Waals surface area contributed by atoms with E-state index in [9.17, 15) is 0 Å². The van der Waals surface area contributed by atoms with Gasteiger partial charge in [0.15, 0.2) is 11.0 Å². The molecule has 1 aromatic heterocycles. The molecule has 0 aliphatic rings. The Morgan fingerprint density at radius 2 is 1.54 bits per heavy atom. The van der Waals surface area contributed by atoms with Crippen LogP contribution in [0.1, 0.15) is 5.56 Å². The molecule has 4 rings (SSSR count). The maximum Gasteiger partial charge on any atom is 0.196 e. The highest BCUT2D eigenvalue weighted by molar-refractivity contribution is 9.10. The molecular weight excluding hydrogens is 477 g/mol. The van der Waals surface area contributed by atoms with Crippen molar-refractivity contribution in [1.82, 2.24) is 14.8 Å². The maximum atomic E-state index is 6.08. The van der Waals surface area contributed by atoms with E-state index in [0.717, 1.165) is 32.5 Å². The third kappa shape index (κ3) is 4.44. The Kier molecular flexibility index (Phi) is 6.07. The molecule has 0 aliphatic heterocycles. The van der Waals surface area contributed by atoms with E-state index < -0.39 is 0 Å². The van der Waals surface area contributed by atoms with E-state index >= 15 is 0 Å². The van der Waals surface area contributed by atoms with Gasteiger partial charge in [-0.3, -0.25) is 4.57 Å². The molecule has 0 amide bonds. The van der Waals surface area contributed by atoms with Gasteiger partial charge in [-0.15, -0.1) is 10.2 Å². The van der Waals surface area contributed by atoms with Crippen LogP contribution < -0.4 is 0 Å². The van der Waals surface area contributed by atoms with E-state index in [0.29, 0.717) is 10.0 Å². The summed E-state index contributed by atoms with van der Waals surface area (Å²) < 4.78 is 3.11. The Morgan fingerprint density at radius 3 is 2.21 bits per heavy atom. The second-order valence-corrected chi connectivity index (χ2v) is 8.77. The van der Waals surface area contributed by atoms with Crippen LogP contribution in [-0.4, -0.2) is 14.8 Å². The highest BCUT2D eigenvalue weighted by Crippen LogP contribution is 2.31. The topological polar surface area (TPSA) is 30.7 Å². The van der Waals surface area contributed by atoms with Gasteiger partial charge in [-0.05, 0) is 66.2 Å². The molecule has 140 valence electrons. The smallest absolute Gasteiger partial charge is 0.196 e. The zero-order valence-corrected chi connectivity index (χ0v) is 18.4. The SMILES string of the molecule is Clc1ccc(-c2nnc(SCc3cccc(Br)c3)n2-c2ccc(Cl)cc2)cc1. The van der Waals surface area contributed by atoms with Crippen molar-refractivity contribution in [2.24, 2.45) is 0 Å². The van der Waals surface area contributed by atoms with Gasteiger partial charge in [-0.2, -0.15) is 0 Å². The van der Waals surface area contributed by atoms with Crippen LogP contribution in [0.2, 0.25) is 10.0 Å². The zero-order chi connectivity index (χ0) is 19.5. The minimum Gasteiger partial charge on any atom is -0.270 e. The molecule has 3 aromatic carbocycles. The van der Waals surface area contributed by atoms with Crippen molar-refractivity contribution >= 4 is 50.9 Å². The number of rotatable bonds is 5. The summed E-state index contributed by atoms with van der Waals surface area (Å²) in [5.74, 6) is 1.54. The number of nitrogens with zero attached hydrogens (tertiary/aromatic N) is 3. The van der Waals surface area contributed by atoms with Gasteiger partial charge in [0.1, 0.15) is 0 Å². The molecule has 0 aliphatic carbocycles.